The largest absolute Gasteiger partial charge is 0.302 e. The molecule has 0 aliphatic rings. The zero-order valence-corrected chi connectivity index (χ0v) is 4.55. The summed E-state index contributed by atoms with van der Waals surface area (Å²) >= 11 is 0. The summed E-state index contributed by atoms with van der Waals surface area (Å²) in [5.41, 5.74) is 1.16. The van der Waals surface area contributed by atoms with Crippen LogP contribution in [-0.2, 0) is 4.79 Å². The molecule has 1 N–H and O–H groups in total. The Bertz CT molecular complexity index is 107. The van der Waals surface area contributed by atoms with Gasteiger partial charge in [-0.1, -0.05) is 9.70 Å². The van der Waals surface area contributed by atoms with Crippen LogP contribution in [0.25, 0.3) is 0 Å². The Morgan fingerprint density at radius 1 is 1.78 bits per heavy atom. The second kappa shape index (κ2) is 5.30. The topological polar surface area (TPSA) is 41.5 Å². The molecule has 0 spiro atoms. The van der Waals surface area contributed by atoms with Crippen molar-refractivity contribution in [3.63, 3.8) is 0 Å². The first kappa shape index (κ1) is 8.16. The van der Waals surface area contributed by atoms with Crippen molar-refractivity contribution in [2.45, 2.75) is 12.5 Å². The number of hydrogen-bond acceptors (Lipinski definition) is 3. The number of nitrogens with one attached hydrogen (secondary N) is 1. The quantitative estimate of drug-likeness (QED) is 0.344. The van der Waals surface area contributed by atoms with E-state index < -0.39 is 6.04 Å². The van der Waals surface area contributed by atoms with Crippen LogP contribution in [0, 0.1) is 0 Å². The average molecular weight is 136 g/mol. The van der Waals surface area contributed by atoms with Crippen molar-refractivity contribution in [3.8, 4) is 0 Å². The van der Waals surface area contributed by atoms with Crippen molar-refractivity contribution in [2.75, 3.05) is 0 Å². The van der Waals surface area contributed by atoms with Gasteiger partial charge in [0.1, 0.15) is 6.29 Å². The first-order valence-corrected chi connectivity index (χ1v) is 2.29. The molecule has 0 aromatic heterocycles. The Morgan fingerprint density at radius 2 is 2.44 bits per heavy atom. The van der Waals surface area contributed by atoms with E-state index in [0.29, 0.717) is 6.29 Å². The summed E-state index contributed by atoms with van der Waals surface area (Å²) < 4.78 is 22.2. The fraction of sp³-hybridized carbons (Fsp3) is 0.500. The molecule has 1 atom stereocenters. The smallest absolute Gasteiger partial charge is 0.139 e. The van der Waals surface area contributed by atoms with E-state index in [9.17, 15) is 13.8 Å². The van der Waals surface area contributed by atoms with E-state index in [1.165, 1.54) is 0 Å². The molecule has 0 aromatic carbocycles. The van der Waals surface area contributed by atoms with E-state index in [4.69, 9.17) is 0 Å². The van der Waals surface area contributed by atoms with Crippen molar-refractivity contribution in [1.29, 1.82) is 0 Å². The number of carbonyl (C=O) groups is 1. The third kappa shape index (κ3) is 3.72. The molecule has 0 radical (unpaired) electrons. The molecule has 1 unspecified atom stereocenters. The predicted octanol–water partition coefficient (Wildman–Crippen LogP) is 0.373. The average Bonchev–Trinajstić information content (AvgIpc) is 1.91. The van der Waals surface area contributed by atoms with E-state index >= 15 is 0 Å². The number of hydrogen-bond donors (Lipinski definition) is 1. The van der Waals surface area contributed by atoms with Gasteiger partial charge < -0.3 is 4.79 Å². The standard InChI is InChI=1S/C4H6F2N2O/c5-7-2-1-4(3-9)8-6/h2-4,8H,1H2. The zero-order valence-electron chi connectivity index (χ0n) is 4.55. The minimum atomic E-state index is -0.982. The van der Waals surface area contributed by atoms with Crippen LogP contribution in [0.15, 0.2) is 5.21 Å². The molecule has 52 valence electrons. The SMILES string of the molecule is O=CC(CC=NF)NF. The summed E-state index contributed by atoms with van der Waals surface area (Å²) in [6, 6.07) is -0.982. The molecule has 0 bridgehead atoms. The third-order valence-electron chi connectivity index (χ3n) is 0.733. The Balaban J connectivity index is 3.42. The van der Waals surface area contributed by atoms with E-state index in [1.54, 1.807) is 0 Å². The maximum Gasteiger partial charge on any atom is 0.139 e. The van der Waals surface area contributed by atoms with Gasteiger partial charge >= 0.3 is 0 Å². The van der Waals surface area contributed by atoms with Crippen LogP contribution >= 0.6 is 0 Å². The van der Waals surface area contributed by atoms with Gasteiger partial charge in [-0.05, 0) is 0 Å². The van der Waals surface area contributed by atoms with Gasteiger partial charge in [0, 0.05) is 12.6 Å². The van der Waals surface area contributed by atoms with Gasteiger partial charge in [-0.2, -0.15) is 0 Å². The molecule has 5 heteroatoms. The van der Waals surface area contributed by atoms with Crippen LogP contribution < -0.4 is 5.54 Å². The van der Waals surface area contributed by atoms with E-state index in [0.717, 1.165) is 11.8 Å². The Morgan fingerprint density at radius 3 is 2.78 bits per heavy atom. The lowest BCUT2D eigenvalue weighted by atomic mass is 10.3. The highest BCUT2D eigenvalue weighted by atomic mass is 19.2. The highest BCUT2D eigenvalue weighted by Crippen LogP contribution is 1.83. The number of halogens is 2. The monoisotopic (exact) mass is 136 g/mol. The molecule has 0 saturated carbocycles. The van der Waals surface area contributed by atoms with Crippen molar-refractivity contribution >= 4 is 12.5 Å². The van der Waals surface area contributed by atoms with Crippen LogP contribution in [0.4, 0.5) is 8.96 Å². The van der Waals surface area contributed by atoms with Gasteiger partial charge in [0.25, 0.3) is 0 Å². The first-order chi connectivity index (χ1) is 4.35. The van der Waals surface area contributed by atoms with E-state index in [2.05, 4.69) is 5.21 Å². The number of aldehydes is 1. The van der Waals surface area contributed by atoms with Crippen LogP contribution in [0.2, 0.25) is 0 Å². The minimum absolute atomic E-state index is 0.0729. The van der Waals surface area contributed by atoms with Gasteiger partial charge in [0.15, 0.2) is 0 Å². The second-order valence-corrected chi connectivity index (χ2v) is 1.37. The molecule has 0 fully saturated rings. The van der Waals surface area contributed by atoms with Crippen molar-refractivity contribution in [2.24, 2.45) is 5.21 Å². The number of rotatable bonds is 4. The molecular formula is C4H6F2N2O. The lowest BCUT2D eigenvalue weighted by Gasteiger charge is -1.97. The fourth-order valence-electron chi connectivity index (χ4n) is 0.279. The molecular weight excluding hydrogens is 130 g/mol. The molecule has 0 rings (SSSR count). The van der Waals surface area contributed by atoms with Crippen LogP contribution in [0.3, 0.4) is 0 Å². The number of carbonyl (C=O) groups excluding carboxylic acids is 1. The lowest BCUT2D eigenvalue weighted by molar-refractivity contribution is -0.110. The molecule has 3 nitrogen and oxygen atoms in total. The highest BCUT2D eigenvalue weighted by molar-refractivity contribution is 5.67. The van der Waals surface area contributed by atoms with Crippen molar-refractivity contribution in [3.05, 3.63) is 0 Å². The van der Waals surface area contributed by atoms with Crippen LogP contribution in [0.5, 0.6) is 0 Å². The van der Waals surface area contributed by atoms with Gasteiger partial charge in [0.2, 0.25) is 0 Å². The summed E-state index contributed by atoms with van der Waals surface area (Å²) in [7, 11) is 0. The predicted molar refractivity (Wildman–Crippen MR) is 28.3 cm³/mol. The Kier molecular flexibility index (Phi) is 4.81. The van der Waals surface area contributed by atoms with Crippen molar-refractivity contribution < 1.29 is 13.8 Å². The summed E-state index contributed by atoms with van der Waals surface area (Å²) in [5.74, 6) is 0. The Hall–Kier alpha value is -0.840. The van der Waals surface area contributed by atoms with Gasteiger partial charge in [-0.3, -0.25) is 0 Å². The summed E-state index contributed by atoms with van der Waals surface area (Å²) in [4.78, 5) is 9.76. The van der Waals surface area contributed by atoms with Crippen molar-refractivity contribution in [1.82, 2.24) is 5.54 Å². The van der Waals surface area contributed by atoms with Crippen LogP contribution in [0.1, 0.15) is 6.42 Å². The zero-order chi connectivity index (χ0) is 7.11. The summed E-state index contributed by atoms with van der Waals surface area (Å²) in [6.45, 7) is 0. The molecule has 0 saturated heterocycles. The summed E-state index contributed by atoms with van der Waals surface area (Å²) in [6.07, 6.45) is 1.07. The minimum Gasteiger partial charge on any atom is -0.302 e. The third-order valence-corrected chi connectivity index (χ3v) is 0.733. The molecule has 0 heterocycles. The normalized spacial score (nSPS) is 14.0. The lowest BCUT2D eigenvalue weighted by Crippen LogP contribution is -2.23. The molecule has 0 aliphatic carbocycles. The van der Waals surface area contributed by atoms with E-state index in [1.807, 2.05) is 0 Å². The molecule has 0 aromatic rings. The Labute approximate surface area is 50.6 Å². The first-order valence-electron chi connectivity index (χ1n) is 2.29. The van der Waals surface area contributed by atoms with Gasteiger partial charge in [0.05, 0.1) is 6.04 Å². The maximum atomic E-state index is 11.3. The van der Waals surface area contributed by atoms with Gasteiger partial charge in [-0.25, -0.2) is 0 Å². The number of nitrogens with zero attached hydrogens (tertiary/aromatic N) is 1. The molecule has 0 amide bonds. The summed E-state index contributed by atoms with van der Waals surface area (Å²) in [5, 5.41) is 2.08. The maximum absolute atomic E-state index is 11.3. The molecule has 0 aliphatic heterocycles. The highest BCUT2D eigenvalue weighted by Gasteiger charge is 2.01. The fourth-order valence-corrected chi connectivity index (χ4v) is 0.279. The second-order valence-electron chi connectivity index (χ2n) is 1.37. The van der Waals surface area contributed by atoms with Crippen LogP contribution in [-0.4, -0.2) is 18.5 Å². The van der Waals surface area contributed by atoms with Gasteiger partial charge in [-0.15, -0.1) is 10.0 Å². The molecule has 9 heavy (non-hydrogen) atoms. The van der Waals surface area contributed by atoms with E-state index in [-0.39, 0.29) is 6.42 Å².